The number of para-hydroxylation sites is 1. The Morgan fingerprint density at radius 3 is 2.76 bits per heavy atom. The minimum atomic E-state index is -0.966. The minimum absolute atomic E-state index is 0.263. The van der Waals surface area contributed by atoms with Gasteiger partial charge < -0.3 is 19.8 Å². The number of aryl methyl sites for hydroxylation is 1. The highest BCUT2D eigenvalue weighted by Crippen LogP contribution is 2.41. The summed E-state index contributed by atoms with van der Waals surface area (Å²) in [6.45, 7) is 4.13. The maximum atomic E-state index is 14.3. The number of hydrogen-bond donors (Lipinski definition) is 2. The number of imidazole rings is 1. The fourth-order valence-electron chi connectivity index (χ4n) is 7.16. The molecule has 2 N–H and O–H groups in total. The van der Waals surface area contributed by atoms with Gasteiger partial charge in [-0.05, 0) is 61.3 Å². The summed E-state index contributed by atoms with van der Waals surface area (Å²) in [5, 5.41) is 4.16. The second kappa shape index (κ2) is 11.0. The van der Waals surface area contributed by atoms with Crippen molar-refractivity contribution in [2.75, 3.05) is 26.3 Å². The largest absolute Gasteiger partial charge is 0.356 e. The third-order valence-electron chi connectivity index (χ3n) is 9.08. The Morgan fingerprint density at radius 2 is 1.98 bits per heavy atom. The molecule has 42 heavy (non-hydrogen) atoms. The lowest BCUT2D eigenvalue weighted by Crippen LogP contribution is -2.42. The van der Waals surface area contributed by atoms with Crippen LogP contribution in [0.25, 0.3) is 10.9 Å². The number of carbonyl (C=O) groups is 1. The summed E-state index contributed by atoms with van der Waals surface area (Å²) in [7, 11) is 0. The normalized spacial score (nSPS) is 23.9. The van der Waals surface area contributed by atoms with Crippen LogP contribution in [0.1, 0.15) is 57.7 Å². The van der Waals surface area contributed by atoms with Crippen LogP contribution in [0.4, 0.5) is 8.78 Å². The average Bonchev–Trinajstić information content (AvgIpc) is 3.72. The summed E-state index contributed by atoms with van der Waals surface area (Å²) in [6, 6.07) is 13.0. The van der Waals surface area contributed by atoms with Crippen molar-refractivity contribution >= 4 is 16.8 Å². The van der Waals surface area contributed by atoms with Gasteiger partial charge in [-0.25, -0.2) is 18.7 Å². The van der Waals surface area contributed by atoms with Gasteiger partial charge in [-0.15, -0.1) is 0 Å². The summed E-state index contributed by atoms with van der Waals surface area (Å²) in [4.78, 5) is 28.5. The maximum absolute atomic E-state index is 14.3. The van der Waals surface area contributed by atoms with E-state index < -0.39 is 12.2 Å². The molecule has 5 heterocycles. The van der Waals surface area contributed by atoms with E-state index in [-0.39, 0.29) is 31.2 Å². The maximum Gasteiger partial charge on any atom is 0.270 e. The van der Waals surface area contributed by atoms with E-state index >= 15 is 0 Å². The van der Waals surface area contributed by atoms with Gasteiger partial charge in [-0.1, -0.05) is 30.0 Å². The Kier molecular flexibility index (Phi) is 7.02. The minimum Gasteiger partial charge on any atom is -0.356 e. The number of nitrogens with one attached hydrogen (secondary N) is 2. The fourth-order valence-corrected chi connectivity index (χ4v) is 7.16. The fraction of sp³-hybridized carbons (Fsp3) is 0.424. The van der Waals surface area contributed by atoms with Crippen molar-refractivity contribution in [3.63, 3.8) is 0 Å². The number of rotatable bonds is 6. The molecule has 2 aliphatic heterocycles. The standard InChI is InChI=1S/C33H34F2N6O/c1-20-12-21(6-9-26-23-7-8-24(26)17-40(16-23)11-10-34)13-29(37-20)33(42)39-31(28-14-22-4-2-3-5-27(22)38-28)32-30-15-25(35)18-41(30)19-36-32/h2-5,12-14,19,23-26,31,38H,7-8,10-11,15-18H2,1H3,(H,39,42)/t23-,24+,25-,26?,31?/m1/s1. The van der Waals surface area contributed by atoms with Crippen molar-refractivity contribution < 1.29 is 13.6 Å². The van der Waals surface area contributed by atoms with Crippen LogP contribution in [-0.4, -0.2) is 62.8 Å². The molecule has 7 nitrogen and oxygen atoms in total. The predicted octanol–water partition coefficient (Wildman–Crippen LogP) is 4.76. The molecule has 1 saturated heterocycles. The molecule has 3 aromatic heterocycles. The van der Waals surface area contributed by atoms with E-state index in [1.807, 2.05) is 47.9 Å². The molecular formula is C33H34F2N6O. The van der Waals surface area contributed by atoms with E-state index in [1.54, 1.807) is 12.4 Å². The van der Waals surface area contributed by atoms with Gasteiger partial charge in [0.15, 0.2) is 0 Å². The third kappa shape index (κ3) is 5.09. The first-order valence-corrected chi connectivity index (χ1v) is 14.8. The quantitative estimate of drug-likeness (QED) is 0.329. The van der Waals surface area contributed by atoms with E-state index in [9.17, 15) is 13.6 Å². The Bertz CT molecular complexity index is 1650. The molecule has 2 unspecified atom stereocenters. The van der Waals surface area contributed by atoms with Gasteiger partial charge in [0.2, 0.25) is 0 Å². The van der Waals surface area contributed by atoms with Gasteiger partial charge >= 0.3 is 0 Å². The Labute approximate surface area is 243 Å². The van der Waals surface area contributed by atoms with Gasteiger partial charge in [0.1, 0.15) is 24.6 Å². The Morgan fingerprint density at radius 1 is 1.17 bits per heavy atom. The summed E-state index contributed by atoms with van der Waals surface area (Å²) in [5.74, 6) is 7.72. The van der Waals surface area contributed by atoms with Crippen LogP contribution in [0, 0.1) is 36.5 Å². The van der Waals surface area contributed by atoms with E-state index in [0.29, 0.717) is 35.7 Å². The number of likely N-dealkylation sites (tertiary alicyclic amines) is 1. The Hall–Kier alpha value is -4.03. The number of aromatic amines is 1. The first-order chi connectivity index (χ1) is 20.4. The van der Waals surface area contributed by atoms with Crippen LogP contribution in [-0.2, 0) is 13.0 Å². The lowest BCUT2D eigenvalue weighted by Gasteiger charge is -2.35. The number of halogens is 2. The molecule has 2 bridgehead atoms. The van der Waals surface area contributed by atoms with Crippen molar-refractivity contribution in [2.24, 2.45) is 17.8 Å². The summed E-state index contributed by atoms with van der Waals surface area (Å²) < 4.78 is 29.0. The molecule has 4 aromatic rings. The smallest absolute Gasteiger partial charge is 0.270 e. The molecule has 5 atom stereocenters. The van der Waals surface area contributed by atoms with Crippen LogP contribution >= 0.6 is 0 Å². The van der Waals surface area contributed by atoms with Crippen molar-refractivity contribution in [1.29, 1.82) is 0 Å². The topological polar surface area (TPSA) is 78.8 Å². The molecule has 1 aromatic carbocycles. The lowest BCUT2D eigenvalue weighted by molar-refractivity contribution is 0.0936. The number of benzene rings is 1. The summed E-state index contributed by atoms with van der Waals surface area (Å²) in [6.07, 6.45) is 3.21. The van der Waals surface area contributed by atoms with Gasteiger partial charge in [0.25, 0.3) is 5.91 Å². The highest BCUT2D eigenvalue weighted by Gasteiger charge is 2.41. The molecule has 216 valence electrons. The first-order valence-electron chi connectivity index (χ1n) is 14.8. The molecule has 7 rings (SSSR count). The molecule has 2 fully saturated rings. The monoisotopic (exact) mass is 568 g/mol. The molecule has 1 aliphatic carbocycles. The predicted molar refractivity (Wildman–Crippen MR) is 156 cm³/mol. The van der Waals surface area contributed by atoms with Gasteiger partial charge in [-0.2, -0.15) is 0 Å². The highest BCUT2D eigenvalue weighted by atomic mass is 19.1. The van der Waals surface area contributed by atoms with Gasteiger partial charge in [0.05, 0.1) is 18.6 Å². The molecule has 0 radical (unpaired) electrons. The molecule has 1 saturated carbocycles. The van der Waals surface area contributed by atoms with Gasteiger partial charge in [0, 0.05) is 60.1 Å². The zero-order chi connectivity index (χ0) is 28.8. The number of pyridine rings is 1. The van der Waals surface area contributed by atoms with Crippen molar-refractivity contribution in [3.05, 3.63) is 82.8 Å². The number of fused-ring (bicyclic) bond motifs is 4. The van der Waals surface area contributed by atoms with E-state index in [0.717, 1.165) is 53.8 Å². The number of nitrogens with zero attached hydrogens (tertiary/aromatic N) is 4. The second-order valence-corrected chi connectivity index (χ2v) is 12.0. The molecule has 0 spiro atoms. The highest BCUT2D eigenvalue weighted by molar-refractivity contribution is 5.93. The number of hydrogen-bond acceptors (Lipinski definition) is 4. The first kappa shape index (κ1) is 26.8. The van der Waals surface area contributed by atoms with Crippen LogP contribution in [0.3, 0.4) is 0 Å². The molecule has 1 amide bonds. The van der Waals surface area contributed by atoms with Crippen LogP contribution in [0.5, 0.6) is 0 Å². The number of amides is 1. The Balaban J connectivity index is 1.16. The van der Waals surface area contributed by atoms with E-state index in [4.69, 9.17) is 0 Å². The SMILES string of the molecule is Cc1cc(C#CC2[C@@H]3CC[C@H]2CN(CCF)C3)cc(C(=O)NC(c2cc3ccccc3[nH]2)c2ncn3c2C[C@@H](F)C3)n1. The number of alkyl halides is 2. The molecule has 9 heteroatoms. The number of aromatic nitrogens is 4. The van der Waals surface area contributed by atoms with E-state index in [1.165, 1.54) is 0 Å². The van der Waals surface area contributed by atoms with Crippen LogP contribution in [0.2, 0.25) is 0 Å². The van der Waals surface area contributed by atoms with E-state index in [2.05, 4.69) is 37.0 Å². The van der Waals surface area contributed by atoms with Crippen LogP contribution in [0.15, 0.2) is 48.8 Å². The zero-order valence-electron chi connectivity index (χ0n) is 23.6. The number of piperidine rings is 1. The number of carbonyl (C=O) groups excluding carboxylic acids is 1. The summed E-state index contributed by atoms with van der Waals surface area (Å²) in [5.41, 5.74) is 4.89. The number of H-pyrrole nitrogens is 1. The van der Waals surface area contributed by atoms with Gasteiger partial charge in [-0.3, -0.25) is 4.79 Å². The zero-order valence-corrected chi connectivity index (χ0v) is 23.6. The summed E-state index contributed by atoms with van der Waals surface area (Å²) >= 11 is 0. The van der Waals surface area contributed by atoms with Crippen LogP contribution < -0.4 is 5.32 Å². The van der Waals surface area contributed by atoms with Crippen molar-refractivity contribution in [2.45, 2.75) is 44.9 Å². The van der Waals surface area contributed by atoms with Crippen molar-refractivity contribution in [3.8, 4) is 11.8 Å². The average molecular weight is 569 g/mol. The second-order valence-electron chi connectivity index (χ2n) is 12.0. The molecular weight excluding hydrogens is 534 g/mol. The molecule has 3 aliphatic rings. The van der Waals surface area contributed by atoms with Crippen molar-refractivity contribution in [1.82, 2.24) is 29.7 Å². The lowest BCUT2D eigenvalue weighted by atomic mass is 9.85. The third-order valence-corrected chi connectivity index (χ3v) is 9.08.